The van der Waals surface area contributed by atoms with Gasteiger partial charge in [0.2, 0.25) is 5.91 Å². The van der Waals surface area contributed by atoms with Crippen molar-refractivity contribution in [1.29, 1.82) is 0 Å². The fourth-order valence-corrected chi connectivity index (χ4v) is 5.10. The number of hydrogen-bond donors (Lipinski definition) is 0. The Labute approximate surface area is 140 Å². The maximum absolute atomic E-state index is 12.8. The van der Waals surface area contributed by atoms with E-state index in [-0.39, 0.29) is 0 Å². The molecule has 5 nitrogen and oxygen atoms in total. The first kappa shape index (κ1) is 14.9. The van der Waals surface area contributed by atoms with Crippen molar-refractivity contribution in [3.05, 3.63) is 34.3 Å². The summed E-state index contributed by atoms with van der Waals surface area (Å²) in [6.07, 6.45) is 9.52. The number of hydrogen-bond acceptors (Lipinski definition) is 4. The normalized spacial score (nSPS) is 26.7. The fraction of sp³-hybridized carbons (Fsp3) is 0.588. The number of fused-ring (bicyclic) bond motifs is 2. The number of amides is 1. The zero-order valence-corrected chi connectivity index (χ0v) is 14.2. The molecule has 4 heterocycles. The highest BCUT2D eigenvalue weighted by Crippen LogP contribution is 2.40. The van der Waals surface area contributed by atoms with E-state index in [1.165, 1.54) is 10.4 Å². The third-order valence-electron chi connectivity index (χ3n) is 5.35. The zero-order chi connectivity index (χ0) is 15.8. The van der Waals surface area contributed by atoms with Crippen LogP contribution in [0.2, 0.25) is 0 Å². The molecule has 0 saturated carbocycles. The van der Waals surface area contributed by atoms with Crippen LogP contribution in [0.3, 0.4) is 0 Å². The van der Waals surface area contributed by atoms with Gasteiger partial charge in [0.25, 0.3) is 0 Å². The molecule has 2 aliphatic rings. The molecule has 0 radical (unpaired) electrons. The second-order valence-corrected chi connectivity index (χ2v) is 7.72. The van der Waals surface area contributed by atoms with Crippen LogP contribution in [0.1, 0.15) is 48.6 Å². The SMILES string of the molecule is Cc1ccsc1CCC(=O)N1C2CCC1CC(n1ccnn1)C2. The van der Waals surface area contributed by atoms with Crippen molar-refractivity contribution in [3.8, 4) is 0 Å². The van der Waals surface area contributed by atoms with Gasteiger partial charge in [-0.1, -0.05) is 5.21 Å². The molecule has 2 bridgehead atoms. The highest BCUT2D eigenvalue weighted by Gasteiger charge is 2.43. The molecular weight excluding hydrogens is 308 g/mol. The number of aromatic nitrogens is 3. The summed E-state index contributed by atoms with van der Waals surface area (Å²) < 4.78 is 1.97. The lowest BCUT2D eigenvalue weighted by Crippen LogP contribution is -2.47. The molecule has 0 aromatic carbocycles. The van der Waals surface area contributed by atoms with Crippen molar-refractivity contribution >= 4 is 17.2 Å². The van der Waals surface area contributed by atoms with E-state index < -0.39 is 0 Å². The number of thiophene rings is 1. The molecule has 122 valence electrons. The number of aryl methyl sites for hydroxylation is 2. The number of nitrogens with zero attached hydrogens (tertiary/aromatic N) is 4. The standard InChI is InChI=1S/C17H22N4OS/c1-12-6-9-23-16(12)4-5-17(22)21-13-2-3-14(21)11-15(10-13)20-8-7-18-19-20/h6-9,13-15H,2-5,10-11H2,1H3. The highest BCUT2D eigenvalue weighted by molar-refractivity contribution is 7.10. The van der Waals surface area contributed by atoms with Crippen LogP contribution in [-0.4, -0.2) is 37.9 Å². The summed E-state index contributed by atoms with van der Waals surface area (Å²) in [5.41, 5.74) is 1.32. The van der Waals surface area contributed by atoms with Crippen molar-refractivity contribution in [3.63, 3.8) is 0 Å². The van der Waals surface area contributed by atoms with Crippen LogP contribution in [0.5, 0.6) is 0 Å². The van der Waals surface area contributed by atoms with E-state index in [9.17, 15) is 4.79 Å². The van der Waals surface area contributed by atoms with E-state index in [0.29, 0.717) is 30.5 Å². The Hall–Kier alpha value is -1.69. The van der Waals surface area contributed by atoms with Crippen LogP contribution >= 0.6 is 11.3 Å². The van der Waals surface area contributed by atoms with Crippen molar-refractivity contribution in [2.75, 3.05) is 0 Å². The highest BCUT2D eigenvalue weighted by atomic mass is 32.1. The van der Waals surface area contributed by atoms with Crippen LogP contribution in [0.25, 0.3) is 0 Å². The second-order valence-electron chi connectivity index (χ2n) is 6.72. The monoisotopic (exact) mass is 330 g/mol. The first-order valence-corrected chi connectivity index (χ1v) is 9.30. The first-order valence-electron chi connectivity index (χ1n) is 8.42. The lowest BCUT2D eigenvalue weighted by molar-refractivity contribution is -0.136. The topological polar surface area (TPSA) is 51.0 Å². The first-order chi connectivity index (χ1) is 11.2. The fourth-order valence-electron chi connectivity index (χ4n) is 4.19. The Morgan fingerprint density at radius 3 is 2.70 bits per heavy atom. The van der Waals surface area contributed by atoms with E-state index in [4.69, 9.17) is 0 Å². The molecule has 1 amide bonds. The Morgan fingerprint density at radius 2 is 2.09 bits per heavy atom. The van der Waals surface area contributed by atoms with Crippen LogP contribution in [0.15, 0.2) is 23.8 Å². The summed E-state index contributed by atoms with van der Waals surface area (Å²) in [5.74, 6) is 0.336. The van der Waals surface area contributed by atoms with E-state index in [1.807, 2.05) is 10.9 Å². The molecule has 2 saturated heterocycles. The van der Waals surface area contributed by atoms with Crippen LogP contribution < -0.4 is 0 Å². The van der Waals surface area contributed by atoms with Gasteiger partial charge in [-0.15, -0.1) is 16.4 Å². The molecule has 2 unspecified atom stereocenters. The zero-order valence-electron chi connectivity index (χ0n) is 13.4. The van der Waals surface area contributed by atoms with E-state index >= 15 is 0 Å². The third-order valence-corrected chi connectivity index (χ3v) is 6.43. The van der Waals surface area contributed by atoms with E-state index in [0.717, 1.165) is 32.1 Å². The van der Waals surface area contributed by atoms with Gasteiger partial charge in [-0.2, -0.15) is 0 Å². The third kappa shape index (κ3) is 2.80. The minimum absolute atomic E-state index is 0.336. The average molecular weight is 330 g/mol. The summed E-state index contributed by atoms with van der Waals surface area (Å²) in [7, 11) is 0. The van der Waals surface area contributed by atoms with Crippen LogP contribution in [0.4, 0.5) is 0 Å². The lowest BCUT2D eigenvalue weighted by atomic mass is 9.96. The van der Waals surface area contributed by atoms with Gasteiger partial charge in [0, 0.05) is 29.6 Å². The predicted octanol–water partition coefficient (Wildman–Crippen LogP) is 2.98. The minimum atomic E-state index is 0.336. The minimum Gasteiger partial charge on any atom is -0.337 e. The quantitative estimate of drug-likeness (QED) is 0.866. The van der Waals surface area contributed by atoms with Crippen LogP contribution in [0, 0.1) is 6.92 Å². The maximum Gasteiger partial charge on any atom is 0.223 e. The van der Waals surface area contributed by atoms with Gasteiger partial charge in [0.05, 0.1) is 12.2 Å². The Kier molecular flexibility index (Phi) is 3.93. The summed E-state index contributed by atoms with van der Waals surface area (Å²) in [6, 6.07) is 3.32. The molecule has 4 rings (SSSR count). The van der Waals surface area contributed by atoms with Crippen LogP contribution in [-0.2, 0) is 11.2 Å². The summed E-state index contributed by atoms with van der Waals surface area (Å²) in [6.45, 7) is 2.13. The molecule has 2 fully saturated rings. The van der Waals surface area contributed by atoms with Gasteiger partial charge in [0.15, 0.2) is 0 Å². The van der Waals surface area contributed by atoms with Gasteiger partial charge >= 0.3 is 0 Å². The maximum atomic E-state index is 12.8. The number of rotatable bonds is 4. The number of piperidine rings is 1. The van der Waals surface area contributed by atoms with Gasteiger partial charge in [-0.3, -0.25) is 4.79 Å². The van der Waals surface area contributed by atoms with E-state index in [2.05, 4.69) is 33.6 Å². The van der Waals surface area contributed by atoms with Crippen molar-refractivity contribution in [2.45, 2.75) is 63.6 Å². The molecule has 0 aliphatic carbocycles. The van der Waals surface area contributed by atoms with Gasteiger partial charge < -0.3 is 4.90 Å². The van der Waals surface area contributed by atoms with Crippen molar-refractivity contribution in [2.24, 2.45) is 0 Å². The van der Waals surface area contributed by atoms with E-state index in [1.54, 1.807) is 17.5 Å². The van der Waals surface area contributed by atoms with Crippen molar-refractivity contribution in [1.82, 2.24) is 19.9 Å². The number of carbonyl (C=O) groups excluding carboxylic acids is 1. The van der Waals surface area contributed by atoms with Crippen molar-refractivity contribution < 1.29 is 4.79 Å². The summed E-state index contributed by atoms with van der Waals surface area (Å²) in [5, 5.41) is 10.2. The largest absolute Gasteiger partial charge is 0.337 e. The predicted molar refractivity (Wildman–Crippen MR) is 89.3 cm³/mol. The smallest absolute Gasteiger partial charge is 0.223 e. The van der Waals surface area contributed by atoms with Gasteiger partial charge in [0.1, 0.15) is 0 Å². The summed E-state index contributed by atoms with van der Waals surface area (Å²) >= 11 is 1.76. The van der Waals surface area contributed by atoms with Gasteiger partial charge in [-0.05, 0) is 56.0 Å². The molecule has 2 aromatic rings. The molecule has 6 heteroatoms. The Morgan fingerprint density at radius 1 is 1.30 bits per heavy atom. The molecule has 0 spiro atoms. The van der Waals surface area contributed by atoms with Gasteiger partial charge in [-0.25, -0.2) is 4.68 Å². The second kappa shape index (κ2) is 6.07. The molecule has 2 aromatic heterocycles. The lowest BCUT2D eigenvalue weighted by Gasteiger charge is -2.39. The average Bonchev–Trinajstić information content (AvgIpc) is 3.26. The molecular formula is C17H22N4OS. The Bertz CT molecular complexity index is 667. The Balaban J connectivity index is 1.40. The molecule has 2 aliphatic heterocycles. The number of carbonyl (C=O) groups is 1. The molecule has 2 atom stereocenters. The summed E-state index contributed by atoms with van der Waals surface area (Å²) in [4.78, 5) is 16.3. The molecule has 0 N–H and O–H groups in total. The molecule has 23 heavy (non-hydrogen) atoms.